The van der Waals surface area contributed by atoms with E-state index in [0.717, 1.165) is 19.4 Å². The van der Waals surface area contributed by atoms with Gasteiger partial charge in [0, 0.05) is 6.04 Å². The van der Waals surface area contributed by atoms with Crippen LogP contribution in [0.1, 0.15) is 51.9 Å². The maximum Gasteiger partial charge on any atom is 0.237 e. The molecule has 1 heterocycles. The van der Waals surface area contributed by atoms with Gasteiger partial charge in [-0.15, -0.1) is 0 Å². The van der Waals surface area contributed by atoms with Gasteiger partial charge >= 0.3 is 0 Å². The number of carbonyl (C=O) groups is 1. The first-order valence-corrected chi connectivity index (χ1v) is 6.81. The third-order valence-corrected chi connectivity index (χ3v) is 4.10. The first kappa shape index (κ1) is 11.9. The van der Waals surface area contributed by atoms with Crippen LogP contribution >= 0.6 is 0 Å². The zero-order chi connectivity index (χ0) is 11.4. The van der Waals surface area contributed by atoms with Crippen molar-refractivity contribution in [1.82, 2.24) is 10.6 Å². The van der Waals surface area contributed by atoms with Crippen LogP contribution in [0.3, 0.4) is 0 Å². The number of hydrogen-bond donors (Lipinski definition) is 2. The van der Waals surface area contributed by atoms with Crippen molar-refractivity contribution in [2.75, 3.05) is 6.54 Å². The van der Waals surface area contributed by atoms with Gasteiger partial charge in [-0.25, -0.2) is 0 Å². The van der Waals surface area contributed by atoms with E-state index in [9.17, 15) is 4.79 Å². The Labute approximate surface area is 98.4 Å². The highest BCUT2D eigenvalue weighted by molar-refractivity contribution is 5.82. The molecular formula is C13H24N2O. The first-order valence-electron chi connectivity index (χ1n) is 6.81. The molecule has 0 spiro atoms. The number of nitrogens with one attached hydrogen (secondary N) is 2. The minimum Gasteiger partial charge on any atom is -0.352 e. The lowest BCUT2D eigenvalue weighted by atomic mass is 9.84. The van der Waals surface area contributed by atoms with Crippen molar-refractivity contribution < 1.29 is 4.79 Å². The third-order valence-electron chi connectivity index (χ3n) is 4.10. The van der Waals surface area contributed by atoms with Gasteiger partial charge in [0.05, 0.1) is 6.04 Å². The Hall–Kier alpha value is -0.570. The van der Waals surface area contributed by atoms with Crippen LogP contribution in [0.25, 0.3) is 0 Å². The lowest BCUT2D eigenvalue weighted by Gasteiger charge is -2.29. The predicted octanol–water partition coefficient (Wildman–Crippen LogP) is 1.82. The fourth-order valence-electron chi connectivity index (χ4n) is 2.99. The number of amides is 1. The molecule has 2 atom stereocenters. The summed E-state index contributed by atoms with van der Waals surface area (Å²) in [5.74, 6) is 0.926. The van der Waals surface area contributed by atoms with E-state index in [1.807, 2.05) is 0 Å². The molecule has 0 aromatic carbocycles. The SMILES string of the molecule is CC(NC(=O)[C@@H]1CCCN1)C1CCCCC1. The Morgan fingerprint density at radius 1 is 1.19 bits per heavy atom. The molecule has 1 aliphatic heterocycles. The summed E-state index contributed by atoms with van der Waals surface area (Å²) in [4.78, 5) is 11.9. The van der Waals surface area contributed by atoms with Gasteiger partial charge in [0.1, 0.15) is 0 Å². The van der Waals surface area contributed by atoms with E-state index in [4.69, 9.17) is 0 Å². The van der Waals surface area contributed by atoms with Crippen molar-refractivity contribution in [3.8, 4) is 0 Å². The van der Waals surface area contributed by atoms with E-state index in [1.165, 1.54) is 32.1 Å². The second-order valence-electron chi connectivity index (χ2n) is 5.34. The maximum atomic E-state index is 11.9. The lowest BCUT2D eigenvalue weighted by molar-refractivity contribution is -0.123. The third kappa shape index (κ3) is 2.97. The molecule has 16 heavy (non-hydrogen) atoms. The Bertz CT molecular complexity index is 230. The molecule has 2 fully saturated rings. The van der Waals surface area contributed by atoms with Gasteiger partial charge in [0.25, 0.3) is 0 Å². The number of carbonyl (C=O) groups excluding carboxylic acids is 1. The first-order chi connectivity index (χ1) is 7.77. The molecule has 2 rings (SSSR count). The number of rotatable bonds is 3. The van der Waals surface area contributed by atoms with Crippen molar-refractivity contribution in [2.24, 2.45) is 5.92 Å². The summed E-state index contributed by atoms with van der Waals surface area (Å²) in [5.41, 5.74) is 0. The molecule has 3 heteroatoms. The average Bonchev–Trinajstić information content (AvgIpc) is 2.83. The topological polar surface area (TPSA) is 41.1 Å². The summed E-state index contributed by atoms with van der Waals surface area (Å²) in [6, 6.07) is 0.432. The van der Waals surface area contributed by atoms with Crippen LogP contribution in [0.15, 0.2) is 0 Å². The molecule has 3 nitrogen and oxygen atoms in total. The normalized spacial score (nSPS) is 28.9. The maximum absolute atomic E-state index is 11.9. The van der Waals surface area contributed by atoms with Crippen LogP contribution in [0.5, 0.6) is 0 Å². The van der Waals surface area contributed by atoms with E-state index < -0.39 is 0 Å². The molecular weight excluding hydrogens is 200 g/mol. The highest BCUT2D eigenvalue weighted by Crippen LogP contribution is 2.26. The summed E-state index contributed by atoms with van der Waals surface area (Å²) in [5, 5.41) is 6.44. The van der Waals surface area contributed by atoms with Crippen molar-refractivity contribution in [3.63, 3.8) is 0 Å². The van der Waals surface area contributed by atoms with E-state index in [-0.39, 0.29) is 11.9 Å². The summed E-state index contributed by atoms with van der Waals surface area (Å²) < 4.78 is 0. The van der Waals surface area contributed by atoms with Gasteiger partial charge in [-0.1, -0.05) is 19.3 Å². The number of hydrogen-bond acceptors (Lipinski definition) is 2. The van der Waals surface area contributed by atoms with Gasteiger partial charge in [-0.2, -0.15) is 0 Å². The van der Waals surface area contributed by atoms with E-state index >= 15 is 0 Å². The second kappa shape index (κ2) is 5.67. The summed E-state index contributed by atoms with van der Waals surface area (Å²) >= 11 is 0. The van der Waals surface area contributed by atoms with Crippen LogP contribution in [0, 0.1) is 5.92 Å². The summed E-state index contributed by atoms with van der Waals surface area (Å²) in [7, 11) is 0. The Morgan fingerprint density at radius 2 is 1.94 bits per heavy atom. The van der Waals surface area contributed by atoms with Crippen molar-refractivity contribution in [3.05, 3.63) is 0 Å². The molecule has 2 aliphatic rings. The Balaban J connectivity index is 1.76. The van der Waals surface area contributed by atoms with Gasteiger partial charge in [-0.05, 0) is 45.1 Å². The molecule has 92 valence electrons. The molecule has 1 saturated carbocycles. The molecule has 1 saturated heterocycles. The molecule has 1 aliphatic carbocycles. The fourth-order valence-corrected chi connectivity index (χ4v) is 2.99. The van der Waals surface area contributed by atoms with Gasteiger partial charge in [0.2, 0.25) is 5.91 Å². The van der Waals surface area contributed by atoms with Crippen molar-refractivity contribution in [1.29, 1.82) is 0 Å². The molecule has 1 unspecified atom stereocenters. The summed E-state index contributed by atoms with van der Waals surface area (Å²) in [6.45, 7) is 3.17. The van der Waals surface area contributed by atoms with Gasteiger partial charge in [0.15, 0.2) is 0 Å². The highest BCUT2D eigenvalue weighted by atomic mass is 16.2. The highest BCUT2D eigenvalue weighted by Gasteiger charge is 2.26. The molecule has 0 aromatic rings. The minimum atomic E-state index is 0.0750. The van der Waals surface area contributed by atoms with Crippen LogP contribution in [-0.4, -0.2) is 24.5 Å². The Morgan fingerprint density at radius 3 is 2.56 bits per heavy atom. The molecule has 1 amide bonds. The van der Waals surface area contributed by atoms with Gasteiger partial charge in [-0.3, -0.25) is 4.79 Å². The van der Waals surface area contributed by atoms with E-state index in [2.05, 4.69) is 17.6 Å². The van der Waals surface area contributed by atoms with Crippen LogP contribution in [-0.2, 0) is 4.79 Å². The lowest BCUT2D eigenvalue weighted by Crippen LogP contribution is -2.46. The van der Waals surface area contributed by atoms with Crippen LogP contribution in [0.4, 0.5) is 0 Å². The quantitative estimate of drug-likeness (QED) is 0.768. The predicted molar refractivity (Wildman–Crippen MR) is 65.2 cm³/mol. The fraction of sp³-hybridized carbons (Fsp3) is 0.923. The van der Waals surface area contributed by atoms with Crippen molar-refractivity contribution in [2.45, 2.75) is 64.0 Å². The Kier molecular flexibility index (Phi) is 4.22. The minimum absolute atomic E-state index is 0.0750. The molecule has 0 aromatic heterocycles. The monoisotopic (exact) mass is 224 g/mol. The average molecular weight is 224 g/mol. The van der Waals surface area contributed by atoms with E-state index in [1.54, 1.807) is 0 Å². The molecule has 2 N–H and O–H groups in total. The smallest absolute Gasteiger partial charge is 0.237 e. The summed E-state index contributed by atoms with van der Waals surface area (Å²) in [6.07, 6.45) is 8.78. The molecule has 0 bridgehead atoms. The van der Waals surface area contributed by atoms with Crippen molar-refractivity contribution >= 4 is 5.91 Å². The van der Waals surface area contributed by atoms with Crippen LogP contribution in [0.2, 0.25) is 0 Å². The largest absolute Gasteiger partial charge is 0.352 e. The van der Waals surface area contributed by atoms with Crippen LogP contribution < -0.4 is 10.6 Å². The second-order valence-corrected chi connectivity index (χ2v) is 5.34. The zero-order valence-corrected chi connectivity index (χ0v) is 10.3. The van der Waals surface area contributed by atoms with Gasteiger partial charge < -0.3 is 10.6 Å². The molecule has 0 radical (unpaired) electrons. The standard InChI is InChI=1S/C13H24N2O/c1-10(11-6-3-2-4-7-11)15-13(16)12-8-5-9-14-12/h10-12,14H,2-9H2,1H3,(H,15,16)/t10?,12-/m0/s1. The zero-order valence-electron chi connectivity index (χ0n) is 10.3. The van der Waals surface area contributed by atoms with E-state index in [0.29, 0.717) is 12.0 Å².